The minimum absolute atomic E-state index is 0.0386. The zero-order chi connectivity index (χ0) is 12.3. The molecule has 7 heteroatoms. The second kappa shape index (κ2) is 5.33. The second-order valence-electron chi connectivity index (χ2n) is 3.22. The summed E-state index contributed by atoms with van der Waals surface area (Å²) in [5.74, 6) is -0.493. The number of rotatable bonds is 4. The Labute approximate surface area is 104 Å². The molecule has 1 atom stereocenters. The molecule has 0 radical (unpaired) electrons. The minimum Gasteiger partial charge on any atom is -0.391 e. The van der Waals surface area contributed by atoms with Crippen LogP contribution >= 0.6 is 23.2 Å². The first kappa shape index (κ1) is 13.7. The maximum absolute atomic E-state index is 11.9. The minimum atomic E-state index is -3.73. The van der Waals surface area contributed by atoms with Gasteiger partial charge in [-0.3, -0.25) is 0 Å². The van der Waals surface area contributed by atoms with Crippen molar-refractivity contribution in [2.75, 3.05) is 12.3 Å². The van der Waals surface area contributed by atoms with Gasteiger partial charge in [0.15, 0.2) is 9.84 Å². The molecule has 1 aromatic rings. The maximum Gasteiger partial charge on any atom is 0.183 e. The molecule has 90 valence electrons. The van der Waals surface area contributed by atoms with Crippen LogP contribution < -0.4 is 5.73 Å². The summed E-state index contributed by atoms with van der Waals surface area (Å²) in [5, 5.41) is 9.32. The Morgan fingerprint density at radius 2 is 1.81 bits per heavy atom. The molecular weight excluding hydrogens is 273 g/mol. The summed E-state index contributed by atoms with van der Waals surface area (Å²) in [5.41, 5.74) is 5.15. The predicted molar refractivity (Wildman–Crippen MR) is 63.6 cm³/mol. The smallest absolute Gasteiger partial charge is 0.183 e. The quantitative estimate of drug-likeness (QED) is 0.867. The Bertz CT molecular complexity index is 455. The molecule has 3 N–H and O–H groups in total. The van der Waals surface area contributed by atoms with Gasteiger partial charge in [-0.25, -0.2) is 8.42 Å². The first-order chi connectivity index (χ1) is 7.38. The van der Waals surface area contributed by atoms with Crippen molar-refractivity contribution in [2.45, 2.75) is 11.0 Å². The number of hydrogen-bond donors (Lipinski definition) is 2. The van der Waals surface area contributed by atoms with Gasteiger partial charge in [-0.2, -0.15) is 0 Å². The summed E-state index contributed by atoms with van der Waals surface area (Å²) in [4.78, 5) is -0.161. The molecule has 1 unspecified atom stereocenters. The molecule has 0 spiro atoms. The number of hydrogen-bond acceptors (Lipinski definition) is 4. The molecule has 0 fully saturated rings. The zero-order valence-electron chi connectivity index (χ0n) is 8.23. The number of benzene rings is 1. The SMILES string of the molecule is NCC(O)CS(=O)(=O)c1c(Cl)cccc1Cl. The zero-order valence-corrected chi connectivity index (χ0v) is 10.6. The lowest BCUT2D eigenvalue weighted by Crippen LogP contribution is -2.28. The lowest BCUT2D eigenvalue weighted by Gasteiger charge is -2.11. The highest BCUT2D eigenvalue weighted by Crippen LogP contribution is 2.29. The Morgan fingerprint density at radius 3 is 2.25 bits per heavy atom. The van der Waals surface area contributed by atoms with Crippen molar-refractivity contribution in [3.05, 3.63) is 28.2 Å². The van der Waals surface area contributed by atoms with E-state index < -0.39 is 21.7 Å². The van der Waals surface area contributed by atoms with Gasteiger partial charge in [-0.05, 0) is 12.1 Å². The topological polar surface area (TPSA) is 80.4 Å². The van der Waals surface area contributed by atoms with Gasteiger partial charge in [0.25, 0.3) is 0 Å². The lowest BCUT2D eigenvalue weighted by molar-refractivity contribution is 0.205. The van der Waals surface area contributed by atoms with Crippen molar-refractivity contribution >= 4 is 33.0 Å². The Hall–Kier alpha value is -0.330. The van der Waals surface area contributed by atoms with E-state index in [1.54, 1.807) is 6.07 Å². The van der Waals surface area contributed by atoms with Gasteiger partial charge in [0.2, 0.25) is 0 Å². The highest BCUT2D eigenvalue weighted by atomic mass is 35.5. The third-order valence-corrected chi connectivity index (χ3v) is 4.65. The summed E-state index contributed by atoms with van der Waals surface area (Å²) >= 11 is 11.5. The van der Waals surface area contributed by atoms with Gasteiger partial charge in [-0.15, -0.1) is 0 Å². The van der Waals surface area contributed by atoms with E-state index in [0.29, 0.717) is 0 Å². The van der Waals surface area contributed by atoms with Crippen LogP contribution in [0.2, 0.25) is 10.0 Å². The lowest BCUT2D eigenvalue weighted by atomic mass is 10.4. The summed E-state index contributed by atoms with van der Waals surface area (Å²) in [6.45, 7) is -0.138. The predicted octanol–water partition coefficient (Wildman–Crippen LogP) is 1.09. The Kier molecular flexibility index (Phi) is 4.58. The van der Waals surface area contributed by atoms with Crippen LogP contribution in [0, 0.1) is 0 Å². The fraction of sp³-hybridized carbons (Fsp3) is 0.333. The third-order valence-electron chi connectivity index (χ3n) is 1.91. The van der Waals surface area contributed by atoms with E-state index in [9.17, 15) is 13.5 Å². The first-order valence-corrected chi connectivity index (χ1v) is 6.84. The summed E-state index contributed by atoms with van der Waals surface area (Å²) in [6.07, 6.45) is -1.13. The molecule has 4 nitrogen and oxygen atoms in total. The average molecular weight is 284 g/mol. The van der Waals surface area contributed by atoms with E-state index in [-0.39, 0.29) is 21.5 Å². The standard InChI is InChI=1S/C9H11Cl2NO3S/c10-7-2-1-3-8(11)9(7)16(14,15)5-6(13)4-12/h1-3,6,13H,4-5,12H2. The van der Waals surface area contributed by atoms with E-state index in [0.717, 1.165) is 0 Å². The number of halogens is 2. The van der Waals surface area contributed by atoms with Crippen LogP contribution in [0.1, 0.15) is 0 Å². The van der Waals surface area contributed by atoms with Crippen molar-refractivity contribution < 1.29 is 13.5 Å². The van der Waals surface area contributed by atoms with E-state index in [1.807, 2.05) is 0 Å². The van der Waals surface area contributed by atoms with Crippen LogP contribution in [0.25, 0.3) is 0 Å². The van der Waals surface area contributed by atoms with Gasteiger partial charge in [0.05, 0.1) is 21.9 Å². The number of aliphatic hydroxyl groups is 1. The fourth-order valence-electron chi connectivity index (χ4n) is 1.18. The van der Waals surface area contributed by atoms with E-state index in [2.05, 4.69) is 0 Å². The van der Waals surface area contributed by atoms with Crippen LogP contribution in [-0.4, -0.2) is 31.9 Å². The average Bonchev–Trinajstić information content (AvgIpc) is 2.16. The van der Waals surface area contributed by atoms with Gasteiger partial charge in [0, 0.05) is 6.54 Å². The van der Waals surface area contributed by atoms with Gasteiger partial charge >= 0.3 is 0 Å². The molecule has 0 aliphatic carbocycles. The fourth-order valence-corrected chi connectivity index (χ4v) is 3.83. The highest BCUT2D eigenvalue weighted by molar-refractivity contribution is 7.91. The number of aliphatic hydroxyl groups excluding tert-OH is 1. The van der Waals surface area contributed by atoms with Crippen molar-refractivity contribution in [3.8, 4) is 0 Å². The molecule has 0 saturated carbocycles. The van der Waals surface area contributed by atoms with Crippen LogP contribution in [-0.2, 0) is 9.84 Å². The first-order valence-electron chi connectivity index (χ1n) is 4.43. The molecule has 0 heterocycles. The monoisotopic (exact) mass is 283 g/mol. The van der Waals surface area contributed by atoms with Crippen molar-refractivity contribution in [3.63, 3.8) is 0 Å². The van der Waals surface area contributed by atoms with Crippen molar-refractivity contribution in [2.24, 2.45) is 5.73 Å². The van der Waals surface area contributed by atoms with E-state index in [4.69, 9.17) is 28.9 Å². The van der Waals surface area contributed by atoms with Gasteiger partial charge < -0.3 is 10.8 Å². The molecule has 1 rings (SSSR count). The van der Waals surface area contributed by atoms with Gasteiger partial charge in [-0.1, -0.05) is 29.3 Å². The highest BCUT2D eigenvalue weighted by Gasteiger charge is 2.24. The maximum atomic E-state index is 11.9. The molecule has 1 aromatic carbocycles. The van der Waals surface area contributed by atoms with Crippen LogP contribution in [0.3, 0.4) is 0 Å². The van der Waals surface area contributed by atoms with Crippen molar-refractivity contribution in [1.29, 1.82) is 0 Å². The van der Waals surface area contributed by atoms with E-state index >= 15 is 0 Å². The van der Waals surface area contributed by atoms with Crippen molar-refractivity contribution in [1.82, 2.24) is 0 Å². The Balaban J connectivity index is 3.17. The number of nitrogens with two attached hydrogens (primary N) is 1. The third kappa shape index (κ3) is 3.09. The second-order valence-corrected chi connectivity index (χ2v) is 6.01. The van der Waals surface area contributed by atoms with Crippen LogP contribution in [0.15, 0.2) is 23.1 Å². The molecule has 0 saturated heterocycles. The number of sulfone groups is 1. The molecule has 0 aliphatic rings. The summed E-state index contributed by atoms with van der Waals surface area (Å²) < 4.78 is 23.7. The molecule has 0 aliphatic heterocycles. The molecule has 0 aromatic heterocycles. The summed E-state index contributed by atoms with van der Waals surface area (Å²) in [6, 6.07) is 4.40. The van der Waals surface area contributed by atoms with Crippen LogP contribution in [0.5, 0.6) is 0 Å². The Morgan fingerprint density at radius 1 is 1.31 bits per heavy atom. The molecule has 0 amide bonds. The largest absolute Gasteiger partial charge is 0.391 e. The summed E-state index contributed by atoms with van der Waals surface area (Å²) in [7, 11) is -3.73. The normalized spacial score (nSPS) is 13.8. The van der Waals surface area contributed by atoms with Gasteiger partial charge in [0.1, 0.15) is 4.90 Å². The van der Waals surface area contributed by atoms with Crippen LogP contribution in [0.4, 0.5) is 0 Å². The molecule has 0 bridgehead atoms. The molecular formula is C9H11Cl2NO3S. The van der Waals surface area contributed by atoms with E-state index in [1.165, 1.54) is 12.1 Å². The molecule has 16 heavy (non-hydrogen) atoms.